The number of hydrogen-bond donors (Lipinski definition) is 1. The molecule has 1 saturated heterocycles. The summed E-state index contributed by atoms with van der Waals surface area (Å²) in [4.78, 5) is 58.1. The molecule has 2 heterocycles. The number of esters is 1. The van der Waals surface area contributed by atoms with Crippen LogP contribution < -0.4 is 10.2 Å². The van der Waals surface area contributed by atoms with Crippen molar-refractivity contribution in [1.29, 1.82) is 0 Å². The first-order valence-electron chi connectivity index (χ1n) is 11.0. The third kappa shape index (κ3) is 4.52. The fourth-order valence-electron chi connectivity index (χ4n) is 3.94. The molecule has 1 aliphatic heterocycles. The molecule has 0 radical (unpaired) electrons. The summed E-state index contributed by atoms with van der Waals surface area (Å²) in [6.07, 6.45) is 1.69. The van der Waals surface area contributed by atoms with Gasteiger partial charge in [0, 0.05) is 0 Å². The summed E-state index contributed by atoms with van der Waals surface area (Å²) in [6, 6.07) is 4.99. The topological polar surface area (TPSA) is 109 Å². The number of nitrogens with zero attached hydrogens (tertiary/aromatic N) is 3. The molecule has 2 fully saturated rings. The van der Waals surface area contributed by atoms with Crippen LogP contribution in [-0.2, 0) is 20.9 Å². The number of halogens is 1. The third-order valence-corrected chi connectivity index (χ3v) is 7.18. The van der Waals surface area contributed by atoms with Crippen molar-refractivity contribution in [2.75, 3.05) is 18.1 Å². The van der Waals surface area contributed by atoms with Crippen molar-refractivity contribution >= 4 is 40.3 Å². The van der Waals surface area contributed by atoms with E-state index < -0.39 is 41.7 Å². The Morgan fingerprint density at radius 3 is 2.59 bits per heavy atom. The zero-order valence-corrected chi connectivity index (χ0v) is 19.9. The Morgan fingerprint density at radius 1 is 1.29 bits per heavy atom. The van der Waals surface area contributed by atoms with E-state index in [0.717, 1.165) is 29.1 Å². The normalized spacial score (nSPS) is 19.8. The van der Waals surface area contributed by atoms with Crippen molar-refractivity contribution in [2.24, 2.45) is 5.92 Å². The van der Waals surface area contributed by atoms with Crippen molar-refractivity contribution in [1.82, 2.24) is 15.2 Å². The standard InChI is InChI=1S/C23H25FN4O5S/c1-4-33-19(30)18-13(2)25-22(34-18)27(11-14-5-9-16(24)10-6-14)17(29)12-28-20(31)23(3,15-7-8-15)26-21(28)32/h5-6,9-10,15H,4,7-8,11-12H2,1-3H3,(H,26,32). The average molecular weight is 489 g/mol. The Balaban J connectivity index is 1.61. The van der Waals surface area contributed by atoms with Gasteiger partial charge in [-0.2, -0.15) is 0 Å². The van der Waals surface area contributed by atoms with Crippen LogP contribution in [0.4, 0.5) is 14.3 Å². The van der Waals surface area contributed by atoms with Gasteiger partial charge in [-0.3, -0.25) is 19.4 Å². The van der Waals surface area contributed by atoms with E-state index in [2.05, 4.69) is 10.3 Å². The number of carbonyl (C=O) groups is 4. The Hall–Kier alpha value is -3.34. The van der Waals surface area contributed by atoms with Crippen molar-refractivity contribution < 1.29 is 28.3 Å². The zero-order valence-electron chi connectivity index (χ0n) is 19.1. The predicted molar refractivity (Wildman–Crippen MR) is 122 cm³/mol. The van der Waals surface area contributed by atoms with Gasteiger partial charge < -0.3 is 10.1 Å². The molecule has 11 heteroatoms. The van der Waals surface area contributed by atoms with Crippen LogP contribution in [-0.4, -0.2) is 52.4 Å². The number of imide groups is 1. The van der Waals surface area contributed by atoms with Gasteiger partial charge in [-0.05, 0) is 57.2 Å². The quantitative estimate of drug-likeness (QED) is 0.452. The van der Waals surface area contributed by atoms with Gasteiger partial charge in [0.15, 0.2) is 5.13 Å². The highest BCUT2D eigenvalue weighted by Crippen LogP contribution is 2.42. The van der Waals surface area contributed by atoms with Crippen molar-refractivity contribution in [3.8, 4) is 0 Å². The summed E-state index contributed by atoms with van der Waals surface area (Å²) in [7, 11) is 0. The first-order chi connectivity index (χ1) is 16.1. The molecule has 1 aromatic carbocycles. The number of benzene rings is 1. The Morgan fingerprint density at radius 2 is 1.97 bits per heavy atom. The van der Waals surface area contributed by atoms with E-state index in [4.69, 9.17) is 4.74 Å². The van der Waals surface area contributed by atoms with E-state index >= 15 is 0 Å². The summed E-state index contributed by atoms with van der Waals surface area (Å²) < 4.78 is 18.5. The number of anilines is 1. The van der Waals surface area contributed by atoms with Crippen LogP contribution in [0.1, 0.15) is 47.6 Å². The van der Waals surface area contributed by atoms with Gasteiger partial charge in [0.2, 0.25) is 5.91 Å². The average Bonchev–Trinajstić information content (AvgIpc) is 3.55. The summed E-state index contributed by atoms with van der Waals surface area (Å²) in [5, 5.41) is 2.94. The smallest absolute Gasteiger partial charge is 0.350 e. The van der Waals surface area contributed by atoms with E-state index in [0.29, 0.717) is 11.3 Å². The number of thiazole rings is 1. The van der Waals surface area contributed by atoms with Gasteiger partial charge in [-0.25, -0.2) is 19.0 Å². The molecule has 1 aromatic heterocycles. The predicted octanol–water partition coefficient (Wildman–Crippen LogP) is 3.02. The molecule has 4 amide bonds. The summed E-state index contributed by atoms with van der Waals surface area (Å²) in [5.74, 6) is -1.90. The molecular formula is C23H25FN4O5S. The highest BCUT2D eigenvalue weighted by atomic mass is 32.1. The van der Waals surface area contributed by atoms with Crippen LogP contribution in [0, 0.1) is 18.7 Å². The lowest BCUT2D eigenvalue weighted by Gasteiger charge is -2.24. The van der Waals surface area contributed by atoms with Crippen LogP contribution >= 0.6 is 11.3 Å². The van der Waals surface area contributed by atoms with E-state index in [-0.39, 0.29) is 29.1 Å². The van der Waals surface area contributed by atoms with Gasteiger partial charge in [0.25, 0.3) is 5.91 Å². The molecule has 34 heavy (non-hydrogen) atoms. The first-order valence-corrected chi connectivity index (χ1v) is 11.8. The zero-order chi connectivity index (χ0) is 24.6. The minimum atomic E-state index is -1.01. The van der Waals surface area contributed by atoms with E-state index in [1.165, 1.54) is 29.2 Å². The molecule has 1 unspecified atom stereocenters. The molecule has 9 nitrogen and oxygen atoms in total. The maximum absolute atomic E-state index is 13.4. The summed E-state index contributed by atoms with van der Waals surface area (Å²) in [5.41, 5.74) is 0.000495. The van der Waals surface area contributed by atoms with E-state index in [1.54, 1.807) is 20.8 Å². The SMILES string of the molecule is CCOC(=O)c1sc(N(Cc2ccc(F)cc2)C(=O)CN2C(=O)NC(C)(C3CC3)C2=O)nc1C. The lowest BCUT2D eigenvalue weighted by atomic mass is 9.96. The van der Waals surface area contributed by atoms with Gasteiger partial charge in [0.1, 0.15) is 22.8 Å². The fourth-order valence-corrected chi connectivity index (χ4v) is 4.91. The van der Waals surface area contributed by atoms with E-state index in [1.807, 2.05) is 0 Å². The van der Waals surface area contributed by atoms with Crippen molar-refractivity contribution in [2.45, 2.75) is 45.7 Å². The number of aromatic nitrogens is 1. The van der Waals surface area contributed by atoms with E-state index in [9.17, 15) is 23.6 Å². The van der Waals surface area contributed by atoms with Gasteiger partial charge in [-0.15, -0.1) is 0 Å². The lowest BCUT2D eigenvalue weighted by molar-refractivity contribution is -0.134. The molecule has 0 bridgehead atoms. The molecule has 1 N–H and O–H groups in total. The Labute approximate surface area is 199 Å². The van der Waals surface area contributed by atoms with Crippen LogP contribution in [0.2, 0.25) is 0 Å². The maximum atomic E-state index is 13.4. The molecule has 0 spiro atoms. The Kier molecular flexibility index (Phi) is 6.39. The van der Waals surface area contributed by atoms with Crippen LogP contribution in [0.5, 0.6) is 0 Å². The second-order valence-electron chi connectivity index (χ2n) is 8.54. The van der Waals surface area contributed by atoms with Gasteiger partial charge in [0.05, 0.1) is 18.8 Å². The minimum absolute atomic E-state index is 0.0118. The third-order valence-electron chi connectivity index (χ3n) is 6.02. The summed E-state index contributed by atoms with van der Waals surface area (Å²) >= 11 is 0.982. The molecule has 1 atom stereocenters. The molecular weight excluding hydrogens is 463 g/mol. The molecule has 1 saturated carbocycles. The number of ether oxygens (including phenoxy) is 1. The number of amides is 4. The highest BCUT2D eigenvalue weighted by Gasteiger charge is 2.56. The number of urea groups is 1. The number of nitrogens with one attached hydrogen (secondary N) is 1. The molecule has 2 aromatic rings. The highest BCUT2D eigenvalue weighted by molar-refractivity contribution is 7.17. The maximum Gasteiger partial charge on any atom is 0.350 e. The number of carbonyl (C=O) groups excluding carboxylic acids is 4. The second kappa shape index (κ2) is 9.13. The molecule has 1 aliphatic carbocycles. The monoisotopic (exact) mass is 488 g/mol. The first kappa shape index (κ1) is 23.8. The number of rotatable bonds is 8. The molecule has 180 valence electrons. The van der Waals surface area contributed by atoms with Gasteiger partial charge in [-0.1, -0.05) is 23.5 Å². The van der Waals surface area contributed by atoms with Crippen molar-refractivity contribution in [3.63, 3.8) is 0 Å². The number of aryl methyl sites for hydroxylation is 1. The fraction of sp³-hybridized carbons (Fsp3) is 0.435. The largest absolute Gasteiger partial charge is 0.462 e. The molecule has 4 rings (SSSR count). The van der Waals surface area contributed by atoms with Crippen LogP contribution in [0.25, 0.3) is 0 Å². The minimum Gasteiger partial charge on any atom is -0.462 e. The molecule has 2 aliphatic rings. The Bertz CT molecular complexity index is 1150. The van der Waals surface area contributed by atoms with Gasteiger partial charge >= 0.3 is 12.0 Å². The second-order valence-corrected chi connectivity index (χ2v) is 9.51. The number of hydrogen-bond acceptors (Lipinski definition) is 7. The lowest BCUT2D eigenvalue weighted by Crippen LogP contribution is -2.47. The van der Waals surface area contributed by atoms with Crippen molar-refractivity contribution in [3.05, 3.63) is 46.2 Å². The van der Waals surface area contributed by atoms with Crippen LogP contribution in [0.15, 0.2) is 24.3 Å². The summed E-state index contributed by atoms with van der Waals surface area (Å²) in [6.45, 7) is 4.72. The van der Waals surface area contributed by atoms with Crippen LogP contribution in [0.3, 0.4) is 0 Å².